The number of sulfone groups is 1. The largest absolute Gasteiger partial charge is 0.378 e. The van der Waals surface area contributed by atoms with E-state index in [0.29, 0.717) is 18.2 Å². The van der Waals surface area contributed by atoms with Gasteiger partial charge in [-0.25, -0.2) is 8.42 Å². The summed E-state index contributed by atoms with van der Waals surface area (Å²) < 4.78 is 64.3. The highest BCUT2D eigenvalue weighted by Crippen LogP contribution is 2.28. The van der Waals surface area contributed by atoms with Gasteiger partial charge in [-0.3, -0.25) is 0 Å². The van der Waals surface area contributed by atoms with Gasteiger partial charge >= 0.3 is 5.92 Å². The molecule has 0 bridgehead atoms. The van der Waals surface area contributed by atoms with Gasteiger partial charge in [-0.2, -0.15) is 8.78 Å². The van der Waals surface area contributed by atoms with Crippen LogP contribution in [0.1, 0.15) is 29.6 Å². The third-order valence-corrected chi connectivity index (χ3v) is 4.23. The molecular formula is C12H14F2N2O5S. The van der Waals surface area contributed by atoms with E-state index in [1.54, 1.807) is 0 Å². The van der Waals surface area contributed by atoms with Crippen LogP contribution in [0.25, 0.3) is 0 Å². The molecule has 0 fully saturated rings. The lowest BCUT2D eigenvalue weighted by Gasteiger charge is -2.03. The van der Waals surface area contributed by atoms with Crippen molar-refractivity contribution in [3.63, 3.8) is 0 Å². The SMILES string of the molecule is COCc1nocc1CS(=O)(=O)Cc1cc(C(C)(F)F)on1. The fourth-order valence-corrected chi connectivity index (χ4v) is 3.15. The van der Waals surface area contributed by atoms with Gasteiger partial charge in [0.2, 0.25) is 5.76 Å². The van der Waals surface area contributed by atoms with E-state index in [1.165, 1.54) is 13.4 Å². The van der Waals surface area contributed by atoms with Crippen molar-refractivity contribution < 1.29 is 31.0 Å². The molecule has 7 nitrogen and oxygen atoms in total. The Morgan fingerprint density at radius 3 is 2.64 bits per heavy atom. The Morgan fingerprint density at radius 2 is 2.05 bits per heavy atom. The average Bonchev–Trinajstić information content (AvgIpc) is 2.98. The molecule has 2 aromatic heterocycles. The van der Waals surface area contributed by atoms with Gasteiger partial charge in [-0.1, -0.05) is 10.3 Å². The molecule has 0 atom stereocenters. The number of methoxy groups -OCH3 is 1. The maximum Gasteiger partial charge on any atom is 0.304 e. The van der Waals surface area contributed by atoms with Crippen LogP contribution in [0, 0.1) is 0 Å². The fourth-order valence-electron chi connectivity index (χ4n) is 1.75. The monoisotopic (exact) mass is 336 g/mol. The Balaban J connectivity index is 2.11. The van der Waals surface area contributed by atoms with Crippen LogP contribution in [0.4, 0.5) is 8.78 Å². The van der Waals surface area contributed by atoms with Crippen LogP contribution in [-0.2, 0) is 38.6 Å². The molecule has 0 aliphatic carbocycles. The summed E-state index contributed by atoms with van der Waals surface area (Å²) in [4.78, 5) is 0. The van der Waals surface area contributed by atoms with Gasteiger partial charge in [0, 0.05) is 25.7 Å². The molecule has 0 aliphatic heterocycles. The molecule has 0 unspecified atom stereocenters. The molecule has 22 heavy (non-hydrogen) atoms. The Morgan fingerprint density at radius 1 is 1.32 bits per heavy atom. The third kappa shape index (κ3) is 4.10. The number of alkyl halides is 2. The first-order valence-corrected chi connectivity index (χ1v) is 7.99. The van der Waals surface area contributed by atoms with Crippen molar-refractivity contribution in [2.75, 3.05) is 7.11 Å². The summed E-state index contributed by atoms with van der Waals surface area (Å²) in [6.45, 7) is 0.748. The van der Waals surface area contributed by atoms with Crippen LogP contribution in [-0.4, -0.2) is 25.8 Å². The minimum absolute atomic E-state index is 0.0822. The molecule has 122 valence electrons. The lowest BCUT2D eigenvalue weighted by atomic mass is 10.3. The van der Waals surface area contributed by atoms with Crippen molar-refractivity contribution in [1.29, 1.82) is 0 Å². The van der Waals surface area contributed by atoms with E-state index >= 15 is 0 Å². The number of hydrogen-bond donors (Lipinski definition) is 0. The van der Waals surface area contributed by atoms with Crippen LogP contribution in [0.15, 0.2) is 21.4 Å². The number of ether oxygens (including phenoxy) is 1. The van der Waals surface area contributed by atoms with E-state index in [2.05, 4.69) is 14.8 Å². The lowest BCUT2D eigenvalue weighted by molar-refractivity contribution is -0.0105. The second kappa shape index (κ2) is 6.13. The minimum atomic E-state index is -3.65. The maximum atomic E-state index is 13.0. The van der Waals surface area contributed by atoms with E-state index in [4.69, 9.17) is 9.26 Å². The molecular weight excluding hydrogens is 322 g/mol. The maximum absolute atomic E-state index is 13.0. The van der Waals surface area contributed by atoms with Gasteiger partial charge in [0.25, 0.3) is 0 Å². The summed E-state index contributed by atoms with van der Waals surface area (Å²) in [5.41, 5.74) is 0.639. The van der Waals surface area contributed by atoms with E-state index in [0.717, 1.165) is 6.07 Å². The molecule has 0 aliphatic rings. The van der Waals surface area contributed by atoms with Crippen molar-refractivity contribution in [3.8, 4) is 0 Å². The standard InChI is InChI=1S/C12H14F2N2O5S/c1-12(13,14)11-3-9(15-21-11)7-22(17,18)6-8-4-20-16-10(8)5-19-2/h3-4H,5-7H2,1-2H3. The molecule has 0 N–H and O–H groups in total. The van der Waals surface area contributed by atoms with Crippen molar-refractivity contribution in [3.05, 3.63) is 35.0 Å². The van der Waals surface area contributed by atoms with Crippen molar-refractivity contribution in [1.82, 2.24) is 10.3 Å². The van der Waals surface area contributed by atoms with Crippen molar-refractivity contribution in [2.45, 2.75) is 31.0 Å². The molecule has 0 saturated carbocycles. The van der Waals surface area contributed by atoms with E-state index in [1.807, 2.05) is 0 Å². The van der Waals surface area contributed by atoms with Gasteiger partial charge in [-0.15, -0.1) is 0 Å². The molecule has 0 spiro atoms. The van der Waals surface area contributed by atoms with Crippen LogP contribution < -0.4 is 0 Å². The Labute approximate surface area is 125 Å². The average molecular weight is 336 g/mol. The van der Waals surface area contributed by atoms with Gasteiger partial charge in [-0.05, 0) is 0 Å². The second-order valence-electron chi connectivity index (χ2n) is 4.82. The first-order valence-electron chi connectivity index (χ1n) is 6.16. The van der Waals surface area contributed by atoms with E-state index in [-0.39, 0.29) is 18.1 Å². The van der Waals surface area contributed by atoms with E-state index in [9.17, 15) is 17.2 Å². The van der Waals surface area contributed by atoms with Crippen LogP contribution in [0.3, 0.4) is 0 Å². The molecule has 2 heterocycles. The molecule has 2 aromatic rings. The molecule has 2 rings (SSSR count). The summed E-state index contributed by atoms with van der Waals surface area (Å²) in [6.07, 6.45) is 1.21. The third-order valence-electron chi connectivity index (χ3n) is 2.74. The molecule has 0 radical (unpaired) electrons. The van der Waals surface area contributed by atoms with Crippen LogP contribution in [0.2, 0.25) is 0 Å². The summed E-state index contributed by atoms with van der Waals surface area (Å²) >= 11 is 0. The second-order valence-corrected chi connectivity index (χ2v) is 6.89. The zero-order chi connectivity index (χ0) is 16.4. The zero-order valence-electron chi connectivity index (χ0n) is 11.9. The molecule has 0 amide bonds. The van der Waals surface area contributed by atoms with Crippen molar-refractivity contribution in [2.24, 2.45) is 0 Å². The Kier molecular flexibility index (Phi) is 4.61. The van der Waals surface area contributed by atoms with Crippen LogP contribution >= 0.6 is 0 Å². The van der Waals surface area contributed by atoms with Gasteiger partial charge in [0.15, 0.2) is 9.84 Å². The summed E-state index contributed by atoms with van der Waals surface area (Å²) in [7, 11) is -2.21. The highest BCUT2D eigenvalue weighted by molar-refractivity contribution is 7.89. The normalized spacial score (nSPS) is 12.7. The number of halogens is 2. The molecule has 0 saturated heterocycles. The predicted molar refractivity (Wildman–Crippen MR) is 69.6 cm³/mol. The Bertz CT molecular complexity index is 733. The highest BCUT2D eigenvalue weighted by atomic mass is 32.2. The van der Waals surface area contributed by atoms with Gasteiger partial charge in [0.05, 0.1) is 23.8 Å². The minimum Gasteiger partial charge on any atom is -0.378 e. The first-order chi connectivity index (χ1) is 10.2. The van der Waals surface area contributed by atoms with E-state index < -0.39 is 27.3 Å². The predicted octanol–water partition coefficient (Wildman–Crippen LogP) is 2.04. The zero-order valence-corrected chi connectivity index (χ0v) is 12.7. The summed E-state index contributed by atoms with van der Waals surface area (Å²) in [5.74, 6) is -4.78. The fraction of sp³-hybridized carbons (Fsp3) is 0.500. The topological polar surface area (TPSA) is 95.4 Å². The van der Waals surface area contributed by atoms with Crippen molar-refractivity contribution >= 4 is 9.84 Å². The Hall–Kier alpha value is -1.81. The number of nitrogens with zero attached hydrogens (tertiary/aromatic N) is 2. The number of rotatable bonds is 7. The smallest absolute Gasteiger partial charge is 0.304 e. The van der Waals surface area contributed by atoms with Gasteiger partial charge in [0.1, 0.15) is 12.0 Å². The lowest BCUT2D eigenvalue weighted by Crippen LogP contribution is -2.09. The van der Waals surface area contributed by atoms with Gasteiger partial charge < -0.3 is 13.8 Å². The van der Waals surface area contributed by atoms with Crippen LogP contribution in [0.5, 0.6) is 0 Å². The quantitative estimate of drug-likeness (QED) is 0.763. The highest BCUT2D eigenvalue weighted by Gasteiger charge is 2.30. The summed E-state index contributed by atoms with van der Waals surface area (Å²) in [5, 5.41) is 6.99. The summed E-state index contributed by atoms with van der Waals surface area (Å²) in [6, 6.07) is 0.932. The first kappa shape index (κ1) is 16.6. The molecule has 0 aromatic carbocycles. The molecule has 10 heteroatoms. The number of aromatic nitrogens is 2. The number of hydrogen-bond acceptors (Lipinski definition) is 7.